The number of quaternary nitrogens is 1. The van der Waals surface area contributed by atoms with Crippen LogP contribution in [0.4, 0.5) is 11.4 Å². The van der Waals surface area contributed by atoms with E-state index < -0.39 is 12.0 Å². The fraction of sp³-hybridized carbons (Fsp3) is 0.286. The van der Waals surface area contributed by atoms with Crippen molar-refractivity contribution in [1.29, 1.82) is 0 Å². The van der Waals surface area contributed by atoms with Crippen LogP contribution in [0.15, 0.2) is 42.5 Å². The molecular weight excluding hydrogens is 416 g/mol. The fourth-order valence-corrected chi connectivity index (χ4v) is 4.46. The second-order valence-electron chi connectivity index (χ2n) is 7.80. The van der Waals surface area contributed by atoms with Crippen LogP contribution in [-0.2, 0) is 9.59 Å². The van der Waals surface area contributed by atoms with E-state index in [0.29, 0.717) is 28.9 Å². The molecule has 4 rings (SSSR count). The van der Waals surface area contributed by atoms with Gasteiger partial charge in [-0.25, -0.2) is 9.48 Å². The Morgan fingerprint density at radius 2 is 1.97 bits per heavy atom. The number of H-pyrrole nitrogens is 1. The van der Waals surface area contributed by atoms with Crippen molar-refractivity contribution in [3.8, 4) is 5.69 Å². The Kier molecular flexibility index (Phi) is 5.42. The lowest BCUT2D eigenvalue weighted by atomic mass is 10.1. The smallest absolute Gasteiger partial charge is 0.369 e. The molecule has 0 spiro atoms. The van der Waals surface area contributed by atoms with Crippen LogP contribution in [0, 0.1) is 18.6 Å². The number of aromatic nitrogens is 4. The number of carbonyl (C=O) groups is 2. The maximum atomic E-state index is 12.7. The zero-order chi connectivity index (χ0) is 22.2. The maximum Gasteiger partial charge on any atom is 0.369 e. The molecule has 160 valence electrons. The number of anilines is 1. The van der Waals surface area contributed by atoms with Crippen molar-refractivity contribution in [2.45, 2.75) is 26.3 Å². The summed E-state index contributed by atoms with van der Waals surface area (Å²) in [7, 11) is 0. The lowest BCUT2D eigenvalue weighted by molar-refractivity contribution is -0.137. The number of nitrogens with one attached hydrogen (secondary N) is 2. The van der Waals surface area contributed by atoms with Crippen LogP contribution in [-0.4, -0.2) is 56.3 Å². The molecule has 1 aliphatic heterocycles. The molecule has 2 aromatic carbocycles. The maximum absolute atomic E-state index is 12.7. The number of benzene rings is 2. The Morgan fingerprint density at radius 1 is 1.26 bits per heavy atom. The fourth-order valence-electron chi connectivity index (χ4n) is 4.28. The highest BCUT2D eigenvalue weighted by Gasteiger charge is 2.62. The number of amides is 1. The van der Waals surface area contributed by atoms with Crippen molar-refractivity contribution in [1.82, 2.24) is 24.7 Å². The number of carbonyl (C=O) groups excluding carboxylic acids is 1. The first-order valence-corrected chi connectivity index (χ1v) is 10.3. The SMILES string of the molecule is Cc1cccc(C)c1[N+]1(CCC(=O)Nc2cccc(-n3[nH]nnc3=S)c2)CC1C(=O)O. The lowest BCUT2D eigenvalue weighted by Crippen LogP contribution is -2.37. The van der Waals surface area contributed by atoms with E-state index in [1.165, 1.54) is 4.68 Å². The van der Waals surface area contributed by atoms with Gasteiger partial charge in [0.1, 0.15) is 12.2 Å². The van der Waals surface area contributed by atoms with E-state index in [1.54, 1.807) is 18.2 Å². The molecule has 2 heterocycles. The third-order valence-electron chi connectivity index (χ3n) is 5.73. The van der Waals surface area contributed by atoms with Crippen LogP contribution in [0.25, 0.3) is 5.69 Å². The molecule has 1 fully saturated rings. The monoisotopic (exact) mass is 439 g/mol. The van der Waals surface area contributed by atoms with E-state index in [-0.39, 0.29) is 17.1 Å². The Hall–Kier alpha value is -3.37. The van der Waals surface area contributed by atoms with Crippen molar-refractivity contribution in [3.63, 3.8) is 0 Å². The second-order valence-corrected chi connectivity index (χ2v) is 8.17. The molecule has 9 nitrogen and oxygen atoms in total. The third kappa shape index (κ3) is 3.99. The van der Waals surface area contributed by atoms with Crippen molar-refractivity contribution in [2.75, 3.05) is 18.4 Å². The summed E-state index contributed by atoms with van der Waals surface area (Å²) in [6.07, 6.45) is 0.201. The minimum absolute atomic E-state index is 0.178. The zero-order valence-electron chi connectivity index (χ0n) is 17.2. The van der Waals surface area contributed by atoms with Crippen molar-refractivity contribution >= 4 is 35.5 Å². The van der Waals surface area contributed by atoms with Gasteiger partial charge in [0.2, 0.25) is 16.7 Å². The summed E-state index contributed by atoms with van der Waals surface area (Å²) in [6, 6.07) is 12.6. The van der Waals surface area contributed by atoms with E-state index >= 15 is 0 Å². The molecule has 0 saturated carbocycles. The predicted octanol–water partition coefficient (Wildman–Crippen LogP) is 2.74. The van der Waals surface area contributed by atoms with Gasteiger partial charge < -0.3 is 10.4 Å². The van der Waals surface area contributed by atoms with Crippen LogP contribution in [0.5, 0.6) is 0 Å². The molecule has 1 aromatic heterocycles. The molecule has 2 unspecified atom stereocenters. The van der Waals surface area contributed by atoms with Gasteiger partial charge in [-0.05, 0) is 44.3 Å². The van der Waals surface area contributed by atoms with Crippen LogP contribution in [0.1, 0.15) is 17.5 Å². The van der Waals surface area contributed by atoms with Gasteiger partial charge in [0.15, 0.2) is 0 Å². The van der Waals surface area contributed by atoms with Gasteiger partial charge in [0.25, 0.3) is 0 Å². The number of carboxylic acid groups (broad SMARTS) is 1. The summed E-state index contributed by atoms with van der Waals surface area (Å²) in [5, 5.41) is 22.6. The quantitative estimate of drug-likeness (QED) is 0.296. The summed E-state index contributed by atoms with van der Waals surface area (Å²) >= 11 is 5.11. The van der Waals surface area contributed by atoms with Crippen molar-refractivity contribution in [2.24, 2.45) is 0 Å². The number of aromatic amines is 1. The summed E-state index contributed by atoms with van der Waals surface area (Å²) < 4.78 is 2.11. The number of aliphatic carboxylic acids is 1. The zero-order valence-corrected chi connectivity index (χ0v) is 18.0. The van der Waals surface area contributed by atoms with E-state index in [9.17, 15) is 14.7 Å². The van der Waals surface area contributed by atoms with Gasteiger partial charge in [-0.15, -0.1) is 0 Å². The van der Waals surface area contributed by atoms with Gasteiger partial charge in [0, 0.05) is 16.8 Å². The largest absolute Gasteiger partial charge is 0.477 e. The topological polar surface area (TPSA) is 113 Å². The number of tetrazole rings is 1. The van der Waals surface area contributed by atoms with Crippen LogP contribution in [0.2, 0.25) is 0 Å². The summed E-state index contributed by atoms with van der Waals surface area (Å²) in [4.78, 5) is 24.4. The number of hydrogen-bond acceptors (Lipinski definition) is 5. The average molecular weight is 440 g/mol. The van der Waals surface area contributed by atoms with Crippen LogP contribution < -0.4 is 9.80 Å². The summed E-state index contributed by atoms with van der Waals surface area (Å²) in [6.45, 7) is 4.89. The molecular formula is C21H23N6O3S+. The van der Waals surface area contributed by atoms with Gasteiger partial charge in [0.05, 0.1) is 18.7 Å². The summed E-state index contributed by atoms with van der Waals surface area (Å²) in [5.74, 6) is -1.01. The number of aryl methyl sites for hydroxylation is 2. The number of hydrogen-bond donors (Lipinski definition) is 3. The first-order chi connectivity index (χ1) is 14.8. The highest BCUT2D eigenvalue weighted by Crippen LogP contribution is 2.43. The molecule has 0 bridgehead atoms. The third-order valence-corrected chi connectivity index (χ3v) is 5.99. The highest BCUT2D eigenvalue weighted by molar-refractivity contribution is 7.71. The molecule has 3 aromatic rings. The molecule has 1 amide bonds. The molecule has 0 aliphatic carbocycles. The first-order valence-electron chi connectivity index (χ1n) is 9.88. The van der Waals surface area contributed by atoms with E-state index in [1.807, 2.05) is 38.1 Å². The summed E-state index contributed by atoms with van der Waals surface area (Å²) in [5.41, 5.74) is 4.40. The Balaban J connectivity index is 1.50. The van der Waals surface area contributed by atoms with E-state index in [0.717, 1.165) is 16.8 Å². The molecule has 10 heteroatoms. The minimum Gasteiger partial charge on any atom is -0.477 e. The molecule has 2 atom stereocenters. The lowest BCUT2D eigenvalue weighted by Gasteiger charge is -2.23. The van der Waals surface area contributed by atoms with Gasteiger partial charge in [-0.1, -0.05) is 34.6 Å². The number of para-hydroxylation sites is 1. The predicted molar refractivity (Wildman–Crippen MR) is 119 cm³/mol. The minimum atomic E-state index is -0.833. The Bertz CT molecular complexity index is 1200. The number of carboxylic acids is 1. The molecule has 0 radical (unpaired) electrons. The first kappa shape index (κ1) is 20.9. The number of rotatable bonds is 7. The van der Waals surface area contributed by atoms with Gasteiger partial charge >= 0.3 is 5.97 Å². The molecule has 1 aliphatic rings. The Labute approximate surface area is 183 Å². The van der Waals surface area contributed by atoms with Crippen LogP contribution in [0.3, 0.4) is 0 Å². The standard InChI is InChI=1S/C21H22N6O3S/c1-13-5-3-6-14(2)19(13)27(12-17(27)20(29)30)10-9-18(28)22-15-7-4-8-16(11-15)26-21(31)23-24-25-26/h3-8,11,17H,9-10,12H2,1-2H3,(H2-,22,23,25,28,29,30,31)/p+1. The Morgan fingerprint density at radius 3 is 2.58 bits per heavy atom. The van der Waals surface area contributed by atoms with Crippen molar-refractivity contribution in [3.05, 3.63) is 58.4 Å². The molecule has 3 N–H and O–H groups in total. The highest BCUT2D eigenvalue weighted by atomic mass is 32.1. The molecule has 31 heavy (non-hydrogen) atoms. The van der Waals surface area contributed by atoms with Crippen molar-refractivity contribution < 1.29 is 14.7 Å². The number of nitrogens with zero attached hydrogens (tertiary/aromatic N) is 4. The second kappa shape index (κ2) is 8.05. The van der Waals surface area contributed by atoms with Gasteiger partial charge in [-0.2, -0.15) is 5.21 Å². The van der Waals surface area contributed by atoms with E-state index in [2.05, 4.69) is 20.8 Å². The van der Waals surface area contributed by atoms with E-state index in [4.69, 9.17) is 12.2 Å². The van der Waals surface area contributed by atoms with Gasteiger partial charge in [-0.3, -0.25) is 9.28 Å². The average Bonchev–Trinajstić information content (AvgIpc) is 3.30. The normalized spacial score (nSPS) is 19.7. The van der Waals surface area contributed by atoms with Crippen LogP contribution >= 0.6 is 12.2 Å². The molecule has 1 saturated heterocycles.